The Morgan fingerprint density at radius 2 is 2.22 bits per heavy atom. The maximum absolute atomic E-state index is 6.05. The predicted octanol–water partition coefficient (Wildman–Crippen LogP) is 4.32. The second kappa shape index (κ2) is 6.25. The van der Waals surface area contributed by atoms with Crippen LogP contribution in [0.1, 0.15) is 19.0 Å². The highest BCUT2D eigenvalue weighted by molar-refractivity contribution is 9.10. The lowest BCUT2D eigenvalue weighted by Crippen LogP contribution is -2.09. The number of benzene rings is 1. The van der Waals surface area contributed by atoms with Crippen LogP contribution in [0.4, 0.5) is 5.69 Å². The molecular weight excluding hydrogens is 314 g/mol. The summed E-state index contributed by atoms with van der Waals surface area (Å²) >= 11 is 9.53. The molecule has 2 rings (SSSR count). The van der Waals surface area contributed by atoms with Crippen LogP contribution in [0.2, 0.25) is 5.02 Å². The van der Waals surface area contributed by atoms with Gasteiger partial charge in [0.2, 0.25) is 0 Å². The normalized spacial score (nSPS) is 10.6. The van der Waals surface area contributed by atoms with Gasteiger partial charge in [0.1, 0.15) is 0 Å². The van der Waals surface area contributed by atoms with Crippen LogP contribution in [0.15, 0.2) is 34.9 Å². The molecule has 18 heavy (non-hydrogen) atoms. The number of hydrogen-bond acceptors (Lipinski definition) is 2. The smallest absolute Gasteiger partial charge is 0.0593 e. The second-order valence-corrected chi connectivity index (χ2v) is 5.20. The van der Waals surface area contributed by atoms with E-state index in [0.717, 1.165) is 29.7 Å². The van der Waals surface area contributed by atoms with Crippen molar-refractivity contribution in [1.82, 2.24) is 9.78 Å². The van der Waals surface area contributed by atoms with Crippen molar-refractivity contribution < 1.29 is 0 Å². The van der Waals surface area contributed by atoms with Crippen LogP contribution in [0.25, 0.3) is 0 Å². The van der Waals surface area contributed by atoms with E-state index in [9.17, 15) is 0 Å². The SMILES string of the molecule is CCCn1nccc1CNc1cccc(Cl)c1Br. The first-order valence-electron chi connectivity index (χ1n) is 5.91. The lowest BCUT2D eigenvalue weighted by atomic mass is 10.3. The topological polar surface area (TPSA) is 29.9 Å². The molecule has 0 atom stereocenters. The average Bonchev–Trinajstić information content (AvgIpc) is 2.79. The van der Waals surface area contributed by atoms with Crippen LogP contribution >= 0.6 is 27.5 Å². The van der Waals surface area contributed by atoms with Gasteiger partial charge in [0, 0.05) is 12.7 Å². The van der Waals surface area contributed by atoms with Crippen molar-refractivity contribution >= 4 is 33.2 Å². The van der Waals surface area contributed by atoms with Gasteiger partial charge >= 0.3 is 0 Å². The van der Waals surface area contributed by atoms with Crippen molar-refractivity contribution in [2.24, 2.45) is 0 Å². The van der Waals surface area contributed by atoms with Crippen molar-refractivity contribution in [2.75, 3.05) is 5.32 Å². The van der Waals surface area contributed by atoms with Gasteiger partial charge in [-0.05, 0) is 40.5 Å². The van der Waals surface area contributed by atoms with Crippen molar-refractivity contribution in [1.29, 1.82) is 0 Å². The number of hydrogen-bond donors (Lipinski definition) is 1. The van der Waals surface area contributed by atoms with Crippen LogP contribution in [0.3, 0.4) is 0 Å². The Morgan fingerprint density at radius 3 is 3.00 bits per heavy atom. The maximum Gasteiger partial charge on any atom is 0.0593 e. The van der Waals surface area contributed by atoms with Crippen LogP contribution < -0.4 is 5.32 Å². The summed E-state index contributed by atoms with van der Waals surface area (Å²) in [5.74, 6) is 0. The fourth-order valence-corrected chi connectivity index (χ4v) is 2.33. The molecule has 0 unspecified atom stereocenters. The zero-order valence-corrected chi connectivity index (χ0v) is 12.5. The minimum atomic E-state index is 0.710. The van der Waals surface area contributed by atoms with Gasteiger partial charge in [0.25, 0.3) is 0 Å². The number of aryl methyl sites for hydroxylation is 1. The molecule has 0 aliphatic rings. The summed E-state index contributed by atoms with van der Waals surface area (Å²) in [5, 5.41) is 8.37. The van der Waals surface area contributed by atoms with E-state index in [1.807, 2.05) is 35.1 Å². The monoisotopic (exact) mass is 327 g/mol. The molecule has 0 radical (unpaired) electrons. The molecule has 1 N–H and O–H groups in total. The average molecular weight is 329 g/mol. The predicted molar refractivity (Wildman–Crippen MR) is 79.0 cm³/mol. The summed E-state index contributed by atoms with van der Waals surface area (Å²) in [6.07, 6.45) is 2.91. The minimum Gasteiger partial charge on any atom is -0.378 e. The summed E-state index contributed by atoms with van der Waals surface area (Å²) in [4.78, 5) is 0. The molecule has 2 aromatic rings. The number of nitrogens with one attached hydrogen (secondary N) is 1. The first-order valence-corrected chi connectivity index (χ1v) is 7.08. The molecule has 0 saturated heterocycles. The Kier molecular flexibility index (Phi) is 4.66. The van der Waals surface area contributed by atoms with Crippen LogP contribution in [0, 0.1) is 0 Å². The lowest BCUT2D eigenvalue weighted by Gasteiger charge is -2.11. The van der Waals surface area contributed by atoms with Crippen molar-refractivity contribution in [2.45, 2.75) is 26.4 Å². The van der Waals surface area contributed by atoms with Gasteiger partial charge in [0.05, 0.1) is 27.4 Å². The largest absolute Gasteiger partial charge is 0.378 e. The molecule has 1 aromatic carbocycles. The molecule has 0 aliphatic carbocycles. The Morgan fingerprint density at radius 1 is 1.39 bits per heavy atom. The lowest BCUT2D eigenvalue weighted by molar-refractivity contribution is 0.578. The first kappa shape index (κ1) is 13.4. The Balaban J connectivity index is 2.07. The minimum absolute atomic E-state index is 0.710. The van der Waals surface area contributed by atoms with E-state index in [-0.39, 0.29) is 0 Å². The van der Waals surface area contributed by atoms with Gasteiger partial charge in [-0.25, -0.2) is 0 Å². The number of halogens is 2. The van der Waals surface area contributed by atoms with Crippen LogP contribution in [-0.4, -0.2) is 9.78 Å². The summed E-state index contributed by atoms with van der Waals surface area (Å²) in [6, 6.07) is 7.81. The zero-order chi connectivity index (χ0) is 13.0. The molecule has 0 bridgehead atoms. The molecule has 1 aromatic heterocycles. The number of anilines is 1. The van der Waals surface area contributed by atoms with Crippen molar-refractivity contribution in [3.05, 3.63) is 45.7 Å². The van der Waals surface area contributed by atoms with Gasteiger partial charge in [-0.2, -0.15) is 5.10 Å². The van der Waals surface area contributed by atoms with E-state index in [1.165, 1.54) is 5.69 Å². The molecule has 0 fully saturated rings. The van der Waals surface area contributed by atoms with Crippen LogP contribution in [0.5, 0.6) is 0 Å². The maximum atomic E-state index is 6.05. The summed E-state index contributed by atoms with van der Waals surface area (Å²) in [7, 11) is 0. The first-order chi connectivity index (χ1) is 8.72. The summed E-state index contributed by atoms with van der Waals surface area (Å²) in [6.45, 7) is 3.83. The van der Waals surface area contributed by atoms with Gasteiger partial charge in [-0.1, -0.05) is 24.6 Å². The molecule has 0 saturated carbocycles. The Hall–Kier alpha value is -1.000. The fourth-order valence-electron chi connectivity index (χ4n) is 1.75. The van der Waals surface area contributed by atoms with Gasteiger partial charge in [-0.3, -0.25) is 4.68 Å². The highest BCUT2D eigenvalue weighted by Crippen LogP contribution is 2.30. The molecule has 0 aliphatic heterocycles. The van der Waals surface area contributed by atoms with E-state index < -0.39 is 0 Å². The molecule has 1 heterocycles. The summed E-state index contributed by atoms with van der Waals surface area (Å²) < 4.78 is 2.92. The number of rotatable bonds is 5. The second-order valence-electron chi connectivity index (χ2n) is 4.00. The standard InChI is InChI=1S/C13H15BrClN3/c1-2-8-18-10(6-7-17-18)9-16-12-5-3-4-11(15)13(12)14/h3-7,16H,2,8-9H2,1H3. The van der Waals surface area contributed by atoms with Crippen molar-refractivity contribution in [3.8, 4) is 0 Å². The van der Waals surface area contributed by atoms with E-state index in [4.69, 9.17) is 11.6 Å². The van der Waals surface area contributed by atoms with E-state index >= 15 is 0 Å². The van der Waals surface area contributed by atoms with Crippen molar-refractivity contribution in [3.63, 3.8) is 0 Å². The van der Waals surface area contributed by atoms with Gasteiger partial charge in [-0.15, -0.1) is 0 Å². The summed E-state index contributed by atoms with van der Waals surface area (Å²) in [5.41, 5.74) is 2.16. The molecule has 0 spiro atoms. The molecular formula is C13H15BrClN3. The Labute approximate surface area is 120 Å². The highest BCUT2D eigenvalue weighted by Gasteiger charge is 2.05. The zero-order valence-electron chi connectivity index (χ0n) is 10.2. The van der Waals surface area contributed by atoms with E-state index in [1.54, 1.807) is 0 Å². The number of aromatic nitrogens is 2. The third kappa shape index (κ3) is 3.06. The van der Waals surface area contributed by atoms with E-state index in [0.29, 0.717) is 5.02 Å². The molecule has 3 nitrogen and oxygen atoms in total. The van der Waals surface area contributed by atoms with Crippen LogP contribution in [-0.2, 0) is 13.1 Å². The van der Waals surface area contributed by atoms with Gasteiger partial charge < -0.3 is 5.32 Å². The molecule has 0 amide bonds. The third-order valence-electron chi connectivity index (χ3n) is 2.65. The molecule has 96 valence electrons. The van der Waals surface area contributed by atoms with E-state index in [2.05, 4.69) is 33.3 Å². The third-order valence-corrected chi connectivity index (χ3v) is 4.05. The fraction of sp³-hybridized carbons (Fsp3) is 0.308. The van der Waals surface area contributed by atoms with Gasteiger partial charge in [0.15, 0.2) is 0 Å². The number of nitrogens with zero attached hydrogens (tertiary/aromatic N) is 2. The quantitative estimate of drug-likeness (QED) is 0.886. The Bertz CT molecular complexity index is 525. The molecule has 5 heteroatoms. The highest BCUT2D eigenvalue weighted by atomic mass is 79.9.